The molecule has 0 aliphatic carbocycles. The van der Waals surface area contributed by atoms with Gasteiger partial charge in [0.05, 0.1) is 41.7 Å². The van der Waals surface area contributed by atoms with Gasteiger partial charge in [-0.15, -0.1) is 0 Å². The van der Waals surface area contributed by atoms with Crippen LogP contribution in [0.5, 0.6) is 0 Å². The molecule has 0 saturated carbocycles. The predicted molar refractivity (Wildman–Crippen MR) is 76.6 cm³/mol. The van der Waals surface area contributed by atoms with Crippen LogP contribution in [0.15, 0.2) is 6.20 Å². The van der Waals surface area contributed by atoms with E-state index in [-0.39, 0.29) is 11.6 Å². The fourth-order valence-electron chi connectivity index (χ4n) is 1.98. The molecule has 1 unspecified atom stereocenters. The van der Waals surface area contributed by atoms with E-state index in [4.69, 9.17) is 21.1 Å². The highest BCUT2D eigenvalue weighted by Crippen LogP contribution is 2.30. The van der Waals surface area contributed by atoms with Crippen LogP contribution in [0.1, 0.15) is 32.0 Å². The van der Waals surface area contributed by atoms with Crippen molar-refractivity contribution < 1.29 is 9.47 Å². The lowest BCUT2D eigenvalue weighted by molar-refractivity contribution is 0.00667. The van der Waals surface area contributed by atoms with Gasteiger partial charge in [0.2, 0.25) is 0 Å². The molecule has 0 bridgehead atoms. The van der Waals surface area contributed by atoms with E-state index in [0.717, 1.165) is 12.1 Å². The Balaban J connectivity index is 2.94. The molecule has 1 heterocycles. The number of hydrogen-bond donors (Lipinski definition) is 1. The van der Waals surface area contributed by atoms with Crippen molar-refractivity contribution in [3.63, 3.8) is 0 Å². The van der Waals surface area contributed by atoms with Crippen molar-refractivity contribution in [1.29, 1.82) is 0 Å². The maximum Gasteiger partial charge on any atom is 0.0834 e. The summed E-state index contributed by atoms with van der Waals surface area (Å²) in [6, 6.07) is 0.0850. The Hall–Kier alpha value is -0.620. The lowest BCUT2D eigenvalue weighted by Crippen LogP contribution is -2.32. The average Bonchev–Trinajstić information content (AvgIpc) is 2.75. The first-order valence-corrected chi connectivity index (χ1v) is 6.75. The van der Waals surface area contributed by atoms with Gasteiger partial charge >= 0.3 is 0 Å². The highest BCUT2D eigenvalue weighted by atomic mass is 35.5. The molecule has 110 valence electrons. The summed E-state index contributed by atoms with van der Waals surface area (Å²) in [6.07, 6.45) is 2.48. The molecule has 5 nitrogen and oxygen atoms in total. The summed E-state index contributed by atoms with van der Waals surface area (Å²) in [6.45, 7) is 5.40. The minimum Gasteiger partial charge on any atom is -0.383 e. The van der Waals surface area contributed by atoms with E-state index in [1.165, 1.54) is 0 Å². The molecule has 0 radical (unpaired) electrons. The number of rotatable bonds is 8. The molecule has 1 aromatic heterocycles. The summed E-state index contributed by atoms with van der Waals surface area (Å²) < 4.78 is 12.5. The molecule has 0 aliphatic rings. The van der Waals surface area contributed by atoms with Crippen LogP contribution in [0.2, 0.25) is 5.02 Å². The number of methoxy groups -OCH3 is 2. The quantitative estimate of drug-likeness (QED) is 0.797. The number of aromatic nitrogens is 2. The van der Waals surface area contributed by atoms with Gasteiger partial charge in [0, 0.05) is 14.2 Å². The van der Waals surface area contributed by atoms with Crippen LogP contribution in [0.25, 0.3) is 0 Å². The van der Waals surface area contributed by atoms with Gasteiger partial charge in [0.1, 0.15) is 0 Å². The second-order valence-electron chi connectivity index (χ2n) is 5.10. The van der Waals surface area contributed by atoms with Gasteiger partial charge in [-0.2, -0.15) is 5.10 Å². The summed E-state index contributed by atoms with van der Waals surface area (Å²) >= 11 is 6.26. The number of nitrogens with one attached hydrogen (secondary N) is 1. The predicted octanol–water partition coefficient (Wildman–Crippen LogP) is 2.26. The molecule has 0 aliphatic heterocycles. The van der Waals surface area contributed by atoms with Crippen LogP contribution in [0.3, 0.4) is 0 Å². The number of hydrogen-bond acceptors (Lipinski definition) is 4. The van der Waals surface area contributed by atoms with E-state index in [2.05, 4.69) is 24.3 Å². The van der Waals surface area contributed by atoms with Crippen LogP contribution >= 0.6 is 11.6 Å². The van der Waals surface area contributed by atoms with Gasteiger partial charge in [-0.1, -0.05) is 11.6 Å². The van der Waals surface area contributed by atoms with Crippen molar-refractivity contribution in [3.8, 4) is 0 Å². The van der Waals surface area contributed by atoms with Crippen molar-refractivity contribution in [2.75, 3.05) is 27.9 Å². The Morgan fingerprint density at radius 1 is 1.47 bits per heavy atom. The smallest absolute Gasteiger partial charge is 0.0834 e. The minimum absolute atomic E-state index is 0.0850. The van der Waals surface area contributed by atoms with Gasteiger partial charge < -0.3 is 14.8 Å². The van der Waals surface area contributed by atoms with E-state index in [1.54, 1.807) is 20.4 Å². The van der Waals surface area contributed by atoms with Gasteiger partial charge in [0.15, 0.2) is 0 Å². The molecule has 0 amide bonds. The van der Waals surface area contributed by atoms with E-state index in [0.29, 0.717) is 18.2 Å². The van der Waals surface area contributed by atoms with Crippen LogP contribution in [-0.2, 0) is 16.0 Å². The molecular formula is C13H24ClN3O2. The normalized spacial score (nSPS) is 13.8. The second kappa shape index (κ2) is 7.24. The Bertz CT molecular complexity index is 393. The minimum atomic E-state index is -0.229. The molecule has 0 aromatic carbocycles. The molecular weight excluding hydrogens is 266 g/mol. The SMILES string of the molecule is CNC(CC(C)(C)OC)c1c(Cl)cnn1CCOC. The van der Waals surface area contributed by atoms with Crippen molar-refractivity contribution in [2.45, 2.75) is 38.5 Å². The molecule has 0 spiro atoms. The van der Waals surface area contributed by atoms with Crippen molar-refractivity contribution >= 4 is 11.6 Å². The average molecular weight is 290 g/mol. The first-order valence-electron chi connectivity index (χ1n) is 6.37. The zero-order valence-electron chi connectivity index (χ0n) is 12.4. The third-order valence-electron chi connectivity index (χ3n) is 3.27. The summed E-state index contributed by atoms with van der Waals surface area (Å²) in [5.41, 5.74) is 0.749. The van der Waals surface area contributed by atoms with Crippen molar-refractivity contribution in [2.24, 2.45) is 0 Å². The maximum absolute atomic E-state index is 6.26. The van der Waals surface area contributed by atoms with E-state index >= 15 is 0 Å². The molecule has 19 heavy (non-hydrogen) atoms. The van der Waals surface area contributed by atoms with Crippen molar-refractivity contribution in [3.05, 3.63) is 16.9 Å². The van der Waals surface area contributed by atoms with Crippen LogP contribution < -0.4 is 5.32 Å². The third kappa shape index (κ3) is 4.45. The van der Waals surface area contributed by atoms with Crippen LogP contribution in [-0.4, -0.2) is 43.3 Å². The highest BCUT2D eigenvalue weighted by molar-refractivity contribution is 6.31. The highest BCUT2D eigenvalue weighted by Gasteiger charge is 2.27. The summed E-state index contributed by atoms with van der Waals surface area (Å²) in [5.74, 6) is 0. The van der Waals surface area contributed by atoms with Gasteiger partial charge in [-0.3, -0.25) is 4.68 Å². The van der Waals surface area contributed by atoms with Gasteiger partial charge in [-0.25, -0.2) is 0 Å². The Labute approximate surface area is 120 Å². The Morgan fingerprint density at radius 3 is 2.68 bits per heavy atom. The molecule has 1 aromatic rings. The Kier molecular flexibility index (Phi) is 6.26. The first-order chi connectivity index (χ1) is 8.95. The van der Waals surface area contributed by atoms with Crippen molar-refractivity contribution in [1.82, 2.24) is 15.1 Å². The lowest BCUT2D eigenvalue weighted by Gasteiger charge is -2.29. The second-order valence-corrected chi connectivity index (χ2v) is 5.51. The fourth-order valence-corrected chi connectivity index (χ4v) is 2.26. The molecule has 0 saturated heterocycles. The third-order valence-corrected chi connectivity index (χ3v) is 3.56. The lowest BCUT2D eigenvalue weighted by atomic mass is 9.96. The number of ether oxygens (including phenoxy) is 2. The van der Waals surface area contributed by atoms with E-state index in [9.17, 15) is 0 Å². The Morgan fingerprint density at radius 2 is 2.16 bits per heavy atom. The monoisotopic (exact) mass is 289 g/mol. The number of nitrogens with zero attached hydrogens (tertiary/aromatic N) is 2. The van der Waals surface area contributed by atoms with Crippen LogP contribution in [0, 0.1) is 0 Å². The zero-order chi connectivity index (χ0) is 14.5. The fraction of sp³-hybridized carbons (Fsp3) is 0.769. The zero-order valence-corrected chi connectivity index (χ0v) is 13.1. The maximum atomic E-state index is 6.26. The standard InChI is InChI=1S/C13H24ClN3O2/c1-13(2,19-5)8-11(15-3)12-10(14)9-16-17(12)6-7-18-4/h9,11,15H,6-8H2,1-5H3. The van der Waals surface area contributed by atoms with E-state index < -0.39 is 0 Å². The van der Waals surface area contributed by atoms with Crippen LogP contribution in [0.4, 0.5) is 0 Å². The molecule has 1 rings (SSSR count). The summed E-state index contributed by atoms with van der Waals surface area (Å²) in [5, 5.41) is 8.26. The van der Waals surface area contributed by atoms with Gasteiger partial charge in [-0.05, 0) is 27.3 Å². The summed E-state index contributed by atoms with van der Waals surface area (Å²) in [7, 11) is 5.31. The van der Waals surface area contributed by atoms with Gasteiger partial charge in [0.25, 0.3) is 0 Å². The largest absolute Gasteiger partial charge is 0.383 e. The first kappa shape index (κ1) is 16.4. The topological polar surface area (TPSA) is 48.3 Å². The van der Waals surface area contributed by atoms with E-state index in [1.807, 2.05) is 11.7 Å². The molecule has 1 atom stereocenters. The molecule has 1 N–H and O–H groups in total. The summed E-state index contributed by atoms with van der Waals surface area (Å²) in [4.78, 5) is 0. The molecule has 0 fully saturated rings. The number of halogens is 1. The molecule has 6 heteroatoms.